The Balaban J connectivity index is 2.01. The van der Waals surface area contributed by atoms with Gasteiger partial charge in [-0.25, -0.2) is 16.8 Å². The van der Waals surface area contributed by atoms with Crippen LogP contribution >= 0.6 is 0 Å². The molecule has 2 heterocycles. The fraction of sp³-hybridized carbons (Fsp3) is 0.524. The fourth-order valence-electron chi connectivity index (χ4n) is 4.06. The molecule has 1 aromatic heterocycles. The van der Waals surface area contributed by atoms with Gasteiger partial charge in [-0.1, -0.05) is 26.3 Å². The van der Waals surface area contributed by atoms with Crippen molar-refractivity contribution in [2.45, 2.75) is 56.7 Å². The van der Waals surface area contributed by atoms with Gasteiger partial charge in [-0.3, -0.25) is 4.79 Å². The minimum atomic E-state index is -3.77. The molecule has 0 unspecified atom stereocenters. The van der Waals surface area contributed by atoms with Crippen molar-refractivity contribution < 1.29 is 21.6 Å². The molecule has 0 saturated carbocycles. The van der Waals surface area contributed by atoms with Crippen molar-refractivity contribution in [2.75, 3.05) is 26.2 Å². The second-order valence-electron chi connectivity index (χ2n) is 7.80. The van der Waals surface area contributed by atoms with E-state index in [-0.39, 0.29) is 26.7 Å². The number of benzene rings is 1. The number of hydrogen-bond acceptors (Lipinski definition) is 6. The van der Waals surface area contributed by atoms with E-state index in [0.29, 0.717) is 26.2 Å². The quantitative estimate of drug-likeness (QED) is 0.599. The van der Waals surface area contributed by atoms with E-state index < -0.39 is 26.0 Å². The molecule has 1 aliphatic rings. The molecule has 0 bridgehead atoms. The molecule has 1 aliphatic heterocycles. The first kappa shape index (κ1) is 24.6. The molecule has 3 rings (SSSR count). The second kappa shape index (κ2) is 9.42. The number of rotatable bonds is 7. The van der Waals surface area contributed by atoms with Crippen LogP contribution in [0.15, 0.2) is 34.1 Å². The lowest BCUT2D eigenvalue weighted by Crippen LogP contribution is -2.36. The zero-order chi connectivity index (χ0) is 23.7. The SMILES string of the molecule is CCN(CC)S(=O)(=O)c1cccc(C(=O)n2nc(C)c(S(=O)(=O)N3CCCCC3)c2C)c1. The first-order valence-corrected chi connectivity index (χ1v) is 13.6. The Kier molecular flexibility index (Phi) is 7.23. The minimum Gasteiger partial charge on any atom is -0.267 e. The Labute approximate surface area is 190 Å². The summed E-state index contributed by atoms with van der Waals surface area (Å²) in [5.41, 5.74) is 0.578. The van der Waals surface area contributed by atoms with Gasteiger partial charge >= 0.3 is 0 Å². The van der Waals surface area contributed by atoms with E-state index in [1.165, 1.54) is 32.9 Å². The lowest BCUT2D eigenvalue weighted by molar-refractivity contribution is 0.0942. The largest absolute Gasteiger partial charge is 0.278 e. The molecule has 1 aromatic carbocycles. The number of carbonyl (C=O) groups excluding carboxylic acids is 1. The van der Waals surface area contributed by atoms with E-state index >= 15 is 0 Å². The highest BCUT2D eigenvalue weighted by Crippen LogP contribution is 2.27. The summed E-state index contributed by atoms with van der Waals surface area (Å²) in [5, 5.41) is 4.21. The van der Waals surface area contributed by atoms with E-state index in [0.717, 1.165) is 23.9 Å². The molecule has 176 valence electrons. The highest BCUT2D eigenvalue weighted by molar-refractivity contribution is 7.89. The zero-order valence-corrected chi connectivity index (χ0v) is 20.5. The minimum absolute atomic E-state index is 0.00902. The van der Waals surface area contributed by atoms with Crippen LogP contribution in [0.3, 0.4) is 0 Å². The van der Waals surface area contributed by atoms with Crippen LogP contribution in [0.1, 0.15) is 54.9 Å². The Morgan fingerprint density at radius 3 is 2.25 bits per heavy atom. The molecule has 0 amide bonds. The number of hydrogen-bond donors (Lipinski definition) is 0. The number of sulfonamides is 2. The standard InChI is InChI=1S/C21H30N4O5S2/c1-5-23(6-2)31(27,28)19-12-10-11-18(15-19)21(26)25-17(4)20(16(3)22-25)32(29,30)24-13-8-7-9-14-24/h10-12,15H,5-9,13-14H2,1-4H3. The molecule has 0 aliphatic carbocycles. The third-order valence-electron chi connectivity index (χ3n) is 5.75. The summed E-state index contributed by atoms with van der Waals surface area (Å²) in [4.78, 5) is 13.3. The topological polar surface area (TPSA) is 110 Å². The lowest BCUT2D eigenvalue weighted by Gasteiger charge is -2.25. The molecular weight excluding hydrogens is 452 g/mol. The van der Waals surface area contributed by atoms with Crippen LogP contribution in [0, 0.1) is 13.8 Å². The van der Waals surface area contributed by atoms with Gasteiger partial charge in [-0.2, -0.15) is 18.4 Å². The van der Waals surface area contributed by atoms with Crippen molar-refractivity contribution in [2.24, 2.45) is 0 Å². The average Bonchev–Trinajstić information content (AvgIpc) is 3.09. The molecule has 0 radical (unpaired) electrons. The van der Waals surface area contributed by atoms with Crippen LogP contribution in [0.2, 0.25) is 0 Å². The van der Waals surface area contributed by atoms with Crippen molar-refractivity contribution in [1.82, 2.24) is 18.4 Å². The lowest BCUT2D eigenvalue weighted by atomic mass is 10.2. The summed E-state index contributed by atoms with van der Waals surface area (Å²) < 4.78 is 55.9. The van der Waals surface area contributed by atoms with E-state index in [9.17, 15) is 21.6 Å². The number of carbonyl (C=O) groups is 1. The van der Waals surface area contributed by atoms with Crippen LogP contribution < -0.4 is 0 Å². The van der Waals surface area contributed by atoms with Crippen LogP contribution in [0.25, 0.3) is 0 Å². The van der Waals surface area contributed by atoms with Gasteiger partial charge in [0, 0.05) is 31.7 Å². The maximum absolute atomic E-state index is 13.2. The van der Waals surface area contributed by atoms with E-state index in [1.807, 2.05) is 0 Å². The van der Waals surface area contributed by atoms with Gasteiger partial charge in [0.1, 0.15) is 4.90 Å². The summed E-state index contributed by atoms with van der Waals surface area (Å²) in [6.45, 7) is 8.13. The summed E-state index contributed by atoms with van der Waals surface area (Å²) >= 11 is 0. The number of nitrogens with zero attached hydrogens (tertiary/aromatic N) is 4. The second-order valence-corrected chi connectivity index (χ2v) is 11.6. The fourth-order valence-corrected chi connectivity index (χ4v) is 7.43. The molecular formula is C21H30N4O5S2. The van der Waals surface area contributed by atoms with Crippen molar-refractivity contribution in [3.05, 3.63) is 41.2 Å². The predicted octanol–water partition coefficient (Wildman–Crippen LogP) is 2.39. The van der Waals surface area contributed by atoms with E-state index in [1.54, 1.807) is 27.7 Å². The molecule has 11 heteroatoms. The summed E-state index contributed by atoms with van der Waals surface area (Å²) in [7, 11) is -7.51. The van der Waals surface area contributed by atoms with Crippen molar-refractivity contribution in [3.63, 3.8) is 0 Å². The third-order valence-corrected chi connectivity index (χ3v) is 9.95. The third kappa shape index (κ3) is 4.39. The van der Waals surface area contributed by atoms with Gasteiger partial charge in [0.05, 0.1) is 16.3 Å². The maximum Gasteiger partial charge on any atom is 0.278 e. The molecule has 1 fully saturated rings. The van der Waals surface area contributed by atoms with Crippen LogP contribution in [0.4, 0.5) is 0 Å². The van der Waals surface area contributed by atoms with Crippen LogP contribution in [-0.4, -0.2) is 67.3 Å². The summed E-state index contributed by atoms with van der Waals surface area (Å²) in [5.74, 6) is -0.581. The average molecular weight is 483 g/mol. The van der Waals surface area contributed by atoms with Gasteiger partial charge < -0.3 is 0 Å². The number of aromatic nitrogens is 2. The Bertz CT molecular complexity index is 1210. The van der Waals surface area contributed by atoms with Crippen LogP contribution in [-0.2, 0) is 20.0 Å². The first-order valence-electron chi connectivity index (χ1n) is 10.8. The Morgan fingerprint density at radius 1 is 1.03 bits per heavy atom. The van der Waals surface area contributed by atoms with Crippen molar-refractivity contribution >= 4 is 26.0 Å². The maximum atomic E-state index is 13.2. The van der Waals surface area contributed by atoms with Gasteiger partial charge in [-0.05, 0) is 44.9 Å². The molecule has 0 atom stereocenters. The van der Waals surface area contributed by atoms with Gasteiger partial charge in [0.2, 0.25) is 20.0 Å². The number of aryl methyl sites for hydroxylation is 1. The van der Waals surface area contributed by atoms with Gasteiger partial charge in [-0.15, -0.1) is 0 Å². The molecule has 1 saturated heterocycles. The molecule has 9 nitrogen and oxygen atoms in total. The zero-order valence-electron chi connectivity index (χ0n) is 18.9. The Hall–Kier alpha value is -2.08. The summed E-state index contributed by atoms with van der Waals surface area (Å²) in [6.07, 6.45) is 2.60. The monoisotopic (exact) mass is 482 g/mol. The summed E-state index contributed by atoms with van der Waals surface area (Å²) in [6, 6.07) is 5.75. The van der Waals surface area contributed by atoms with Crippen molar-refractivity contribution in [1.29, 1.82) is 0 Å². The molecule has 2 aromatic rings. The first-order chi connectivity index (χ1) is 15.1. The molecule has 0 spiro atoms. The predicted molar refractivity (Wildman–Crippen MR) is 121 cm³/mol. The van der Waals surface area contributed by atoms with Crippen LogP contribution in [0.5, 0.6) is 0 Å². The normalized spacial score (nSPS) is 15.9. The van der Waals surface area contributed by atoms with Gasteiger partial charge in [0.25, 0.3) is 5.91 Å². The smallest absolute Gasteiger partial charge is 0.267 e. The Morgan fingerprint density at radius 2 is 1.66 bits per heavy atom. The van der Waals surface area contributed by atoms with E-state index in [2.05, 4.69) is 5.10 Å². The molecule has 0 N–H and O–H groups in total. The van der Waals surface area contributed by atoms with Gasteiger partial charge in [0.15, 0.2) is 0 Å². The van der Waals surface area contributed by atoms with E-state index in [4.69, 9.17) is 0 Å². The number of piperidine rings is 1. The highest BCUT2D eigenvalue weighted by atomic mass is 32.2. The molecule has 32 heavy (non-hydrogen) atoms. The van der Waals surface area contributed by atoms with Crippen molar-refractivity contribution in [3.8, 4) is 0 Å². The highest BCUT2D eigenvalue weighted by Gasteiger charge is 2.33.